The minimum Gasteiger partial charge on any atom is -0.459 e. The fourth-order valence-electron chi connectivity index (χ4n) is 2.67. The minimum absolute atomic E-state index is 0.170. The van der Waals surface area contributed by atoms with Gasteiger partial charge in [0.15, 0.2) is 11.8 Å². The molecule has 0 unspecified atom stereocenters. The molecule has 3 aromatic rings. The maximum Gasteiger partial charge on any atom is 0.232 e. The molecule has 3 rings (SSSR count). The molecule has 0 amide bonds. The van der Waals surface area contributed by atoms with Crippen LogP contribution in [0.5, 0.6) is 0 Å². The molecule has 0 atom stereocenters. The second-order valence-corrected chi connectivity index (χ2v) is 7.46. The monoisotopic (exact) mass is 369 g/mol. The Balaban J connectivity index is 1.68. The third kappa shape index (κ3) is 4.48. The van der Waals surface area contributed by atoms with Gasteiger partial charge in [0.1, 0.15) is 17.9 Å². The van der Waals surface area contributed by atoms with Gasteiger partial charge < -0.3 is 19.6 Å². The van der Waals surface area contributed by atoms with Gasteiger partial charge in [-0.1, -0.05) is 44.1 Å². The number of guanidine groups is 1. The van der Waals surface area contributed by atoms with Gasteiger partial charge in [0.2, 0.25) is 5.89 Å². The standard InChI is InChI=1S/C20H27N5O2/c1-6-21-19(23-12-17-24-18(27-25-17)20(3,4)5)22-11-16-13(2)14-9-7-8-10-15(14)26-16/h7-10H,6,11-12H2,1-5H3,(H2,21,22,23). The maximum atomic E-state index is 5.95. The van der Waals surface area contributed by atoms with E-state index in [1.54, 1.807) is 0 Å². The molecule has 2 N–H and O–H groups in total. The Morgan fingerprint density at radius 1 is 1.19 bits per heavy atom. The Morgan fingerprint density at radius 2 is 1.96 bits per heavy atom. The summed E-state index contributed by atoms with van der Waals surface area (Å²) in [4.78, 5) is 8.96. The number of hydrogen-bond acceptors (Lipinski definition) is 5. The maximum absolute atomic E-state index is 5.95. The van der Waals surface area contributed by atoms with Gasteiger partial charge in [0.05, 0.1) is 6.54 Å². The van der Waals surface area contributed by atoms with Gasteiger partial charge in [-0.15, -0.1) is 0 Å². The van der Waals surface area contributed by atoms with E-state index in [1.165, 1.54) is 0 Å². The lowest BCUT2D eigenvalue weighted by atomic mass is 9.97. The summed E-state index contributed by atoms with van der Waals surface area (Å²) in [6, 6.07) is 8.04. The summed E-state index contributed by atoms with van der Waals surface area (Å²) in [6.07, 6.45) is 0. The van der Waals surface area contributed by atoms with E-state index in [0.717, 1.165) is 28.8 Å². The van der Waals surface area contributed by atoms with E-state index in [1.807, 2.05) is 45.9 Å². The third-order valence-electron chi connectivity index (χ3n) is 4.19. The average molecular weight is 369 g/mol. The molecule has 0 spiro atoms. The van der Waals surface area contributed by atoms with Crippen molar-refractivity contribution in [2.75, 3.05) is 6.54 Å². The number of fused-ring (bicyclic) bond motifs is 1. The molecule has 0 aliphatic heterocycles. The van der Waals surface area contributed by atoms with E-state index in [9.17, 15) is 0 Å². The summed E-state index contributed by atoms with van der Waals surface area (Å²) in [5.41, 5.74) is 1.87. The van der Waals surface area contributed by atoms with E-state index in [2.05, 4.69) is 38.8 Å². The highest BCUT2D eigenvalue weighted by Crippen LogP contribution is 2.24. The molecule has 0 bridgehead atoms. The van der Waals surface area contributed by atoms with E-state index in [-0.39, 0.29) is 5.41 Å². The van der Waals surface area contributed by atoms with Crippen molar-refractivity contribution in [3.05, 3.63) is 47.3 Å². The number of aromatic nitrogens is 2. The predicted molar refractivity (Wildman–Crippen MR) is 106 cm³/mol. The summed E-state index contributed by atoms with van der Waals surface area (Å²) in [6.45, 7) is 11.8. The van der Waals surface area contributed by atoms with Crippen molar-refractivity contribution in [3.63, 3.8) is 0 Å². The van der Waals surface area contributed by atoms with E-state index >= 15 is 0 Å². The molecular formula is C20H27N5O2. The molecule has 27 heavy (non-hydrogen) atoms. The third-order valence-corrected chi connectivity index (χ3v) is 4.19. The first kappa shape index (κ1) is 18.9. The molecule has 0 radical (unpaired) electrons. The highest BCUT2D eigenvalue weighted by atomic mass is 16.5. The van der Waals surface area contributed by atoms with Crippen LogP contribution in [-0.2, 0) is 18.5 Å². The topological polar surface area (TPSA) is 88.5 Å². The Hall–Kier alpha value is -2.83. The smallest absolute Gasteiger partial charge is 0.232 e. The predicted octanol–water partition coefficient (Wildman–Crippen LogP) is 3.68. The second-order valence-electron chi connectivity index (χ2n) is 7.46. The fraction of sp³-hybridized carbons (Fsp3) is 0.450. The van der Waals surface area contributed by atoms with Gasteiger partial charge in [-0.05, 0) is 19.9 Å². The van der Waals surface area contributed by atoms with Crippen molar-refractivity contribution in [1.82, 2.24) is 20.8 Å². The van der Waals surface area contributed by atoms with Crippen LogP contribution < -0.4 is 10.6 Å². The fourth-order valence-corrected chi connectivity index (χ4v) is 2.67. The Kier molecular flexibility index (Phi) is 5.48. The molecule has 2 aromatic heterocycles. The van der Waals surface area contributed by atoms with Crippen molar-refractivity contribution in [1.29, 1.82) is 0 Å². The van der Waals surface area contributed by atoms with Crippen LogP contribution in [0.15, 0.2) is 38.2 Å². The zero-order valence-corrected chi connectivity index (χ0v) is 16.6. The van der Waals surface area contributed by atoms with Gasteiger partial charge in [-0.3, -0.25) is 0 Å². The Morgan fingerprint density at radius 3 is 2.63 bits per heavy atom. The van der Waals surface area contributed by atoms with E-state index < -0.39 is 0 Å². The van der Waals surface area contributed by atoms with Crippen molar-refractivity contribution >= 4 is 16.9 Å². The lowest BCUT2D eigenvalue weighted by molar-refractivity contribution is 0.318. The number of hydrogen-bond donors (Lipinski definition) is 2. The number of furan rings is 1. The molecule has 0 fully saturated rings. The van der Waals surface area contributed by atoms with Crippen LogP contribution in [0.25, 0.3) is 11.0 Å². The molecular weight excluding hydrogens is 342 g/mol. The number of aliphatic imine (C=N–C) groups is 1. The largest absolute Gasteiger partial charge is 0.459 e. The molecule has 0 aliphatic rings. The van der Waals surface area contributed by atoms with E-state index in [4.69, 9.17) is 8.94 Å². The highest BCUT2D eigenvalue weighted by Gasteiger charge is 2.21. The lowest BCUT2D eigenvalue weighted by Crippen LogP contribution is -2.36. The van der Waals surface area contributed by atoms with Crippen LogP contribution >= 0.6 is 0 Å². The molecule has 7 heteroatoms. The number of para-hydroxylation sites is 1. The number of aryl methyl sites for hydroxylation is 1. The molecule has 2 heterocycles. The first-order valence-corrected chi connectivity index (χ1v) is 9.20. The zero-order valence-electron chi connectivity index (χ0n) is 16.6. The number of nitrogens with zero attached hydrogens (tertiary/aromatic N) is 3. The quantitative estimate of drug-likeness (QED) is 0.527. The van der Waals surface area contributed by atoms with Crippen LogP contribution in [0, 0.1) is 6.92 Å². The van der Waals surface area contributed by atoms with Crippen LogP contribution in [0.3, 0.4) is 0 Å². The van der Waals surface area contributed by atoms with Crippen molar-refractivity contribution in [3.8, 4) is 0 Å². The number of benzene rings is 1. The summed E-state index contributed by atoms with van der Waals surface area (Å²) in [7, 11) is 0. The summed E-state index contributed by atoms with van der Waals surface area (Å²) in [5.74, 6) is 2.76. The summed E-state index contributed by atoms with van der Waals surface area (Å²) in [5, 5.41) is 11.7. The normalized spacial score (nSPS) is 12.6. The van der Waals surface area contributed by atoms with Crippen molar-refractivity contribution in [2.45, 2.75) is 53.1 Å². The van der Waals surface area contributed by atoms with Crippen molar-refractivity contribution in [2.24, 2.45) is 4.99 Å². The first-order valence-electron chi connectivity index (χ1n) is 9.20. The Bertz CT molecular complexity index is 933. The summed E-state index contributed by atoms with van der Waals surface area (Å²) < 4.78 is 11.3. The number of rotatable bonds is 5. The average Bonchev–Trinajstić information content (AvgIpc) is 3.23. The van der Waals surface area contributed by atoms with Crippen LogP contribution in [0.4, 0.5) is 0 Å². The number of nitrogens with one attached hydrogen (secondary N) is 2. The van der Waals surface area contributed by atoms with Crippen LogP contribution in [0.1, 0.15) is 50.7 Å². The zero-order chi connectivity index (χ0) is 19.4. The lowest BCUT2D eigenvalue weighted by Gasteiger charge is -2.10. The molecule has 7 nitrogen and oxygen atoms in total. The van der Waals surface area contributed by atoms with Gasteiger partial charge in [-0.25, -0.2) is 4.99 Å². The van der Waals surface area contributed by atoms with Crippen LogP contribution in [0.2, 0.25) is 0 Å². The molecule has 0 aliphatic carbocycles. The van der Waals surface area contributed by atoms with E-state index in [0.29, 0.717) is 30.8 Å². The van der Waals surface area contributed by atoms with Crippen LogP contribution in [-0.4, -0.2) is 22.6 Å². The SMILES string of the molecule is CCNC(=NCc1noc(C(C)(C)C)n1)NCc1oc2ccccc2c1C. The molecule has 0 saturated heterocycles. The van der Waals surface area contributed by atoms with Gasteiger partial charge in [0, 0.05) is 22.9 Å². The first-order chi connectivity index (χ1) is 12.9. The minimum atomic E-state index is -0.170. The van der Waals surface area contributed by atoms with Gasteiger partial charge >= 0.3 is 0 Å². The molecule has 0 saturated carbocycles. The summed E-state index contributed by atoms with van der Waals surface area (Å²) >= 11 is 0. The van der Waals surface area contributed by atoms with Crippen molar-refractivity contribution < 1.29 is 8.94 Å². The molecule has 1 aromatic carbocycles. The molecule has 144 valence electrons. The van der Waals surface area contributed by atoms with Gasteiger partial charge in [0.25, 0.3) is 0 Å². The Labute approximate surface area is 159 Å². The van der Waals surface area contributed by atoms with Gasteiger partial charge in [-0.2, -0.15) is 4.98 Å². The highest BCUT2D eigenvalue weighted by molar-refractivity contribution is 5.82. The second kappa shape index (κ2) is 7.82.